The highest BCUT2D eigenvalue weighted by Gasteiger charge is 2.23. The van der Waals surface area contributed by atoms with Crippen LogP contribution in [0.1, 0.15) is 11.6 Å². The number of hydrogen-bond donors (Lipinski definition) is 2. The molecule has 1 saturated heterocycles. The minimum absolute atomic E-state index is 0.0858. The summed E-state index contributed by atoms with van der Waals surface area (Å²) in [6.45, 7) is 3.62. The first-order valence-corrected chi connectivity index (χ1v) is 8.77. The van der Waals surface area contributed by atoms with Crippen LogP contribution in [0.3, 0.4) is 0 Å². The van der Waals surface area contributed by atoms with Gasteiger partial charge in [0.1, 0.15) is 0 Å². The molecule has 0 radical (unpaired) electrons. The molecular formula is C19H22ClN3O2. The maximum atomic E-state index is 12.2. The van der Waals surface area contributed by atoms with Gasteiger partial charge in [-0.15, -0.1) is 0 Å². The topological polar surface area (TPSA) is 53.6 Å². The van der Waals surface area contributed by atoms with Crippen molar-refractivity contribution in [3.05, 3.63) is 65.2 Å². The number of rotatable bonds is 5. The second-order valence-electron chi connectivity index (χ2n) is 5.92. The van der Waals surface area contributed by atoms with Crippen LogP contribution in [0.4, 0.5) is 10.5 Å². The van der Waals surface area contributed by atoms with Gasteiger partial charge in [-0.3, -0.25) is 4.90 Å². The summed E-state index contributed by atoms with van der Waals surface area (Å²) in [4.78, 5) is 14.5. The van der Waals surface area contributed by atoms with Crippen LogP contribution < -0.4 is 10.6 Å². The van der Waals surface area contributed by atoms with E-state index in [0.717, 1.165) is 24.3 Å². The molecule has 132 valence electrons. The summed E-state index contributed by atoms with van der Waals surface area (Å²) in [7, 11) is 0. The van der Waals surface area contributed by atoms with Gasteiger partial charge in [0.15, 0.2) is 0 Å². The van der Waals surface area contributed by atoms with E-state index in [1.165, 1.54) is 0 Å². The van der Waals surface area contributed by atoms with E-state index < -0.39 is 0 Å². The molecule has 3 rings (SSSR count). The zero-order valence-corrected chi connectivity index (χ0v) is 14.7. The first-order chi connectivity index (χ1) is 12.2. The van der Waals surface area contributed by atoms with E-state index in [9.17, 15) is 4.79 Å². The Morgan fingerprint density at radius 3 is 2.44 bits per heavy atom. The van der Waals surface area contributed by atoms with Crippen LogP contribution in [0.15, 0.2) is 54.6 Å². The predicted molar refractivity (Wildman–Crippen MR) is 100 cm³/mol. The van der Waals surface area contributed by atoms with Crippen LogP contribution >= 0.6 is 11.6 Å². The Hall–Kier alpha value is -2.08. The number of ether oxygens (including phenoxy) is 1. The van der Waals surface area contributed by atoms with Gasteiger partial charge in [-0.2, -0.15) is 0 Å². The molecule has 0 aliphatic carbocycles. The molecule has 1 aliphatic rings. The molecule has 0 spiro atoms. The highest BCUT2D eigenvalue weighted by Crippen LogP contribution is 2.23. The van der Waals surface area contributed by atoms with E-state index in [4.69, 9.17) is 16.3 Å². The van der Waals surface area contributed by atoms with Gasteiger partial charge in [0, 0.05) is 30.3 Å². The van der Waals surface area contributed by atoms with E-state index in [1.807, 2.05) is 54.6 Å². The molecule has 6 heteroatoms. The second-order valence-corrected chi connectivity index (χ2v) is 6.35. The van der Waals surface area contributed by atoms with E-state index in [1.54, 1.807) is 0 Å². The molecule has 1 aliphatic heterocycles. The molecule has 2 aromatic rings. The highest BCUT2D eigenvalue weighted by molar-refractivity contribution is 6.30. The lowest BCUT2D eigenvalue weighted by atomic mass is 10.0. The molecule has 0 bridgehead atoms. The molecule has 2 N–H and O–H groups in total. The zero-order valence-electron chi connectivity index (χ0n) is 14.0. The number of carbonyl (C=O) groups is 1. The van der Waals surface area contributed by atoms with Crippen molar-refractivity contribution in [1.82, 2.24) is 10.2 Å². The lowest BCUT2D eigenvalue weighted by Crippen LogP contribution is -2.44. The normalized spacial score (nSPS) is 16.2. The molecule has 25 heavy (non-hydrogen) atoms. The summed E-state index contributed by atoms with van der Waals surface area (Å²) in [5.74, 6) is 0. The summed E-state index contributed by atoms with van der Waals surface area (Å²) in [6, 6.07) is 17.1. The summed E-state index contributed by atoms with van der Waals surface area (Å²) < 4.78 is 5.45. The number of nitrogens with zero attached hydrogens (tertiary/aromatic N) is 1. The summed E-state index contributed by atoms with van der Waals surface area (Å²) in [6.07, 6.45) is 0. The number of nitrogens with one attached hydrogen (secondary N) is 2. The number of anilines is 1. The van der Waals surface area contributed by atoms with Crippen LogP contribution in [-0.4, -0.2) is 43.8 Å². The number of hydrogen-bond acceptors (Lipinski definition) is 3. The van der Waals surface area contributed by atoms with Gasteiger partial charge in [0.2, 0.25) is 0 Å². The van der Waals surface area contributed by atoms with Gasteiger partial charge >= 0.3 is 6.03 Å². The van der Waals surface area contributed by atoms with Crippen molar-refractivity contribution in [1.29, 1.82) is 0 Å². The quantitative estimate of drug-likeness (QED) is 0.858. The number of urea groups is 1. The SMILES string of the molecule is O=C(NCC(c1ccc(Cl)cc1)N1CCOCC1)Nc1ccccc1. The molecular weight excluding hydrogens is 338 g/mol. The molecule has 0 aromatic heterocycles. The van der Waals surface area contributed by atoms with Crippen molar-refractivity contribution < 1.29 is 9.53 Å². The van der Waals surface area contributed by atoms with Crippen molar-refractivity contribution in [3.63, 3.8) is 0 Å². The average Bonchev–Trinajstić information content (AvgIpc) is 2.65. The fourth-order valence-corrected chi connectivity index (χ4v) is 3.04. The van der Waals surface area contributed by atoms with Crippen molar-refractivity contribution in [2.45, 2.75) is 6.04 Å². The Morgan fingerprint density at radius 1 is 1.08 bits per heavy atom. The fourth-order valence-electron chi connectivity index (χ4n) is 2.92. The van der Waals surface area contributed by atoms with Crippen molar-refractivity contribution in [3.8, 4) is 0 Å². The zero-order chi connectivity index (χ0) is 17.5. The Bertz CT molecular complexity index is 673. The van der Waals surface area contributed by atoms with E-state index >= 15 is 0 Å². The van der Waals surface area contributed by atoms with Gasteiger partial charge in [0.25, 0.3) is 0 Å². The lowest BCUT2D eigenvalue weighted by molar-refractivity contribution is 0.0168. The maximum absolute atomic E-state index is 12.2. The third-order valence-electron chi connectivity index (χ3n) is 4.23. The Morgan fingerprint density at radius 2 is 1.76 bits per heavy atom. The molecule has 1 unspecified atom stereocenters. The van der Waals surface area contributed by atoms with Gasteiger partial charge in [-0.1, -0.05) is 41.9 Å². The second kappa shape index (κ2) is 8.85. The van der Waals surface area contributed by atoms with Crippen LogP contribution in [0.5, 0.6) is 0 Å². The van der Waals surface area contributed by atoms with Crippen LogP contribution in [-0.2, 0) is 4.74 Å². The van der Waals surface area contributed by atoms with Crippen LogP contribution in [0.25, 0.3) is 0 Å². The minimum Gasteiger partial charge on any atom is -0.379 e. The third-order valence-corrected chi connectivity index (χ3v) is 4.48. The average molecular weight is 360 g/mol. The summed E-state index contributed by atoms with van der Waals surface area (Å²) in [5.41, 5.74) is 1.90. The van der Waals surface area contributed by atoms with Gasteiger partial charge in [-0.05, 0) is 29.8 Å². The number of amides is 2. The summed E-state index contributed by atoms with van der Waals surface area (Å²) >= 11 is 6.01. The molecule has 2 amide bonds. The van der Waals surface area contributed by atoms with Gasteiger partial charge < -0.3 is 15.4 Å². The lowest BCUT2D eigenvalue weighted by Gasteiger charge is -2.35. The van der Waals surface area contributed by atoms with Gasteiger partial charge in [0.05, 0.1) is 19.3 Å². The Balaban J connectivity index is 1.64. The maximum Gasteiger partial charge on any atom is 0.319 e. The molecule has 0 saturated carbocycles. The molecule has 5 nitrogen and oxygen atoms in total. The van der Waals surface area contributed by atoms with Crippen LogP contribution in [0.2, 0.25) is 5.02 Å². The smallest absolute Gasteiger partial charge is 0.319 e. The van der Waals surface area contributed by atoms with Crippen molar-refractivity contribution >= 4 is 23.3 Å². The number of para-hydroxylation sites is 1. The number of benzene rings is 2. The Labute approximate surface area is 152 Å². The number of carbonyl (C=O) groups excluding carboxylic acids is 1. The first kappa shape index (κ1) is 17.7. The van der Waals surface area contributed by atoms with E-state index in [-0.39, 0.29) is 12.1 Å². The predicted octanol–water partition coefficient (Wildman–Crippen LogP) is 3.54. The third kappa shape index (κ3) is 5.19. The van der Waals surface area contributed by atoms with Crippen molar-refractivity contribution in [2.75, 3.05) is 38.2 Å². The monoisotopic (exact) mass is 359 g/mol. The molecule has 1 heterocycles. The molecule has 1 atom stereocenters. The van der Waals surface area contributed by atoms with E-state index in [0.29, 0.717) is 24.8 Å². The minimum atomic E-state index is -0.210. The van der Waals surface area contributed by atoms with Gasteiger partial charge in [-0.25, -0.2) is 4.79 Å². The largest absolute Gasteiger partial charge is 0.379 e. The van der Waals surface area contributed by atoms with Crippen LogP contribution in [0, 0.1) is 0 Å². The van der Waals surface area contributed by atoms with E-state index in [2.05, 4.69) is 15.5 Å². The standard InChI is InChI=1S/C19H22ClN3O2/c20-16-8-6-15(7-9-16)18(23-10-12-25-13-11-23)14-21-19(24)22-17-4-2-1-3-5-17/h1-9,18H,10-14H2,(H2,21,22,24). The van der Waals surface area contributed by atoms with Crippen molar-refractivity contribution in [2.24, 2.45) is 0 Å². The highest BCUT2D eigenvalue weighted by atomic mass is 35.5. The number of morpholine rings is 1. The first-order valence-electron chi connectivity index (χ1n) is 8.39. The Kier molecular flexibility index (Phi) is 6.28. The molecule has 2 aromatic carbocycles. The fraction of sp³-hybridized carbons (Fsp3) is 0.316. The number of halogens is 1. The summed E-state index contributed by atoms with van der Waals surface area (Å²) in [5, 5.41) is 6.53. The molecule has 1 fully saturated rings.